The second kappa shape index (κ2) is 4.25. The Bertz CT molecular complexity index is 212. The molecule has 74 valence electrons. The van der Waals surface area contributed by atoms with Crippen molar-refractivity contribution in [2.24, 2.45) is 5.92 Å². The van der Waals surface area contributed by atoms with E-state index in [0.717, 1.165) is 6.42 Å². The highest BCUT2D eigenvalue weighted by Crippen LogP contribution is 2.16. The molecule has 1 rings (SSSR count). The molecule has 1 heterocycles. The van der Waals surface area contributed by atoms with Crippen LogP contribution in [0.15, 0.2) is 0 Å². The molecule has 0 radical (unpaired) electrons. The van der Waals surface area contributed by atoms with Crippen molar-refractivity contribution in [1.29, 1.82) is 0 Å². The molecule has 13 heavy (non-hydrogen) atoms. The highest BCUT2D eigenvalue weighted by atomic mass is 16.7. The van der Waals surface area contributed by atoms with Crippen LogP contribution in [0.4, 0.5) is 0 Å². The number of hydrogen-bond donors (Lipinski definition) is 0. The van der Waals surface area contributed by atoms with Crippen LogP contribution in [0.1, 0.15) is 33.1 Å². The van der Waals surface area contributed by atoms with E-state index in [1.54, 1.807) is 6.92 Å². The lowest BCUT2D eigenvalue weighted by atomic mass is 10.1. The zero-order valence-corrected chi connectivity index (χ0v) is 7.91. The van der Waals surface area contributed by atoms with Gasteiger partial charge in [0.05, 0.1) is 12.3 Å². The van der Waals surface area contributed by atoms with E-state index >= 15 is 0 Å². The van der Waals surface area contributed by atoms with Crippen molar-refractivity contribution in [2.75, 3.05) is 0 Å². The first-order chi connectivity index (χ1) is 6.13. The van der Waals surface area contributed by atoms with Gasteiger partial charge in [0.2, 0.25) is 6.29 Å². The van der Waals surface area contributed by atoms with Crippen LogP contribution < -0.4 is 0 Å². The monoisotopic (exact) mass is 186 g/mol. The highest BCUT2D eigenvalue weighted by molar-refractivity contribution is 5.74. The van der Waals surface area contributed by atoms with E-state index in [1.165, 1.54) is 0 Å². The normalized spacial score (nSPS) is 23.8. The number of rotatable bonds is 3. The molecule has 0 amide bonds. The third-order valence-corrected chi connectivity index (χ3v) is 2.11. The molecule has 0 N–H and O–H groups in total. The van der Waals surface area contributed by atoms with Gasteiger partial charge in [-0.2, -0.15) is 0 Å². The van der Waals surface area contributed by atoms with Gasteiger partial charge in [0.15, 0.2) is 0 Å². The Morgan fingerprint density at radius 2 is 2.46 bits per heavy atom. The number of cyclic esters (lactones) is 1. The summed E-state index contributed by atoms with van der Waals surface area (Å²) < 4.78 is 9.70. The van der Waals surface area contributed by atoms with Crippen molar-refractivity contribution in [3.8, 4) is 0 Å². The minimum absolute atomic E-state index is 0.126. The molecule has 0 bridgehead atoms. The fourth-order valence-electron chi connectivity index (χ4n) is 0.996. The molecule has 1 aliphatic rings. The van der Waals surface area contributed by atoms with E-state index in [2.05, 4.69) is 0 Å². The number of carbonyl (C=O) groups is 2. The predicted molar refractivity (Wildman–Crippen MR) is 44.7 cm³/mol. The fraction of sp³-hybridized carbons (Fsp3) is 0.778. The van der Waals surface area contributed by atoms with Gasteiger partial charge >= 0.3 is 11.9 Å². The molecule has 1 aliphatic heterocycles. The van der Waals surface area contributed by atoms with Gasteiger partial charge in [-0.25, -0.2) is 0 Å². The van der Waals surface area contributed by atoms with Gasteiger partial charge in [-0.3, -0.25) is 9.59 Å². The largest absolute Gasteiger partial charge is 0.425 e. The lowest BCUT2D eigenvalue weighted by Gasteiger charge is -2.13. The first-order valence-corrected chi connectivity index (χ1v) is 4.53. The maximum atomic E-state index is 11.2. The number of carbonyl (C=O) groups excluding carboxylic acids is 2. The molecule has 0 aromatic carbocycles. The highest BCUT2D eigenvalue weighted by Gasteiger charge is 2.27. The average Bonchev–Trinajstić information content (AvgIpc) is 2.49. The molecule has 2 atom stereocenters. The van der Waals surface area contributed by atoms with Crippen molar-refractivity contribution < 1.29 is 19.1 Å². The second-order valence-corrected chi connectivity index (χ2v) is 3.20. The van der Waals surface area contributed by atoms with Gasteiger partial charge in [-0.1, -0.05) is 13.8 Å². The van der Waals surface area contributed by atoms with Crippen LogP contribution in [0, 0.1) is 5.92 Å². The molecule has 4 heteroatoms. The Kier molecular flexibility index (Phi) is 3.28. The van der Waals surface area contributed by atoms with Gasteiger partial charge in [-0.05, 0) is 6.42 Å². The summed E-state index contributed by atoms with van der Waals surface area (Å²) in [5, 5.41) is 0. The lowest BCUT2D eigenvalue weighted by molar-refractivity contribution is -0.180. The van der Waals surface area contributed by atoms with E-state index in [4.69, 9.17) is 9.47 Å². The first-order valence-electron chi connectivity index (χ1n) is 4.53. The summed E-state index contributed by atoms with van der Waals surface area (Å²) in [7, 11) is 0. The Hall–Kier alpha value is -1.06. The average molecular weight is 186 g/mol. The molecule has 4 nitrogen and oxygen atoms in total. The summed E-state index contributed by atoms with van der Waals surface area (Å²) in [6, 6.07) is 0. The summed E-state index contributed by atoms with van der Waals surface area (Å²) in [5.41, 5.74) is 0. The molecule has 0 aliphatic carbocycles. The van der Waals surface area contributed by atoms with E-state index in [1.807, 2.05) is 6.92 Å². The molecular formula is C9H14O4. The zero-order chi connectivity index (χ0) is 9.84. The molecule has 0 aromatic heterocycles. The minimum atomic E-state index is -0.644. The quantitative estimate of drug-likeness (QED) is 0.622. The molecule has 0 aromatic rings. The fourth-order valence-corrected chi connectivity index (χ4v) is 0.996. The van der Waals surface area contributed by atoms with Crippen LogP contribution in [0.2, 0.25) is 0 Å². The topological polar surface area (TPSA) is 52.6 Å². The number of ether oxygens (including phenoxy) is 2. The molecule has 2 unspecified atom stereocenters. The van der Waals surface area contributed by atoms with Crippen molar-refractivity contribution in [3.63, 3.8) is 0 Å². The van der Waals surface area contributed by atoms with Crippen molar-refractivity contribution >= 4 is 11.9 Å². The van der Waals surface area contributed by atoms with Crippen molar-refractivity contribution in [3.05, 3.63) is 0 Å². The molecule has 0 saturated carbocycles. The van der Waals surface area contributed by atoms with Crippen LogP contribution in [0.25, 0.3) is 0 Å². The van der Waals surface area contributed by atoms with E-state index < -0.39 is 6.29 Å². The summed E-state index contributed by atoms with van der Waals surface area (Å²) in [6.45, 7) is 3.70. The second-order valence-electron chi connectivity index (χ2n) is 3.20. The third-order valence-electron chi connectivity index (χ3n) is 2.11. The van der Waals surface area contributed by atoms with Crippen molar-refractivity contribution in [2.45, 2.75) is 39.4 Å². The maximum Gasteiger partial charge on any atom is 0.311 e. The summed E-state index contributed by atoms with van der Waals surface area (Å²) >= 11 is 0. The molecule has 0 spiro atoms. The first kappa shape index (κ1) is 10.0. The SMILES string of the molecule is CCC(C)C(=O)OC1CCC(=O)O1. The van der Waals surface area contributed by atoms with Crippen molar-refractivity contribution in [1.82, 2.24) is 0 Å². The van der Waals surface area contributed by atoms with Crippen LogP contribution >= 0.6 is 0 Å². The smallest absolute Gasteiger partial charge is 0.311 e. The summed E-state index contributed by atoms with van der Waals surface area (Å²) in [5.74, 6) is -0.705. The van der Waals surface area contributed by atoms with E-state index in [-0.39, 0.29) is 17.9 Å². The van der Waals surface area contributed by atoms with E-state index in [9.17, 15) is 9.59 Å². The molecule has 1 fully saturated rings. The Morgan fingerprint density at radius 3 is 2.92 bits per heavy atom. The Morgan fingerprint density at radius 1 is 1.77 bits per heavy atom. The standard InChI is InChI=1S/C9H14O4/c1-3-6(2)9(11)13-8-5-4-7(10)12-8/h6,8H,3-5H2,1-2H3. The van der Waals surface area contributed by atoms with E-state index in [0.29, 0.717) is 12.8 Å². The van der Waals surface area contributed by atoms with Gasteiger partial charge in [0, 0.05) is 6.42 Å². The summed E-state index contributed by atoms with van der Waals surface area (Å²) in [4.78, 5) is 21.9. The minimum Gasteiger partial charge on any atom is -0.425 e. The predicted octanol–water partition coefficient (Wildman–Crippen LogP) is 1.24. The molecule has 1 saturated heterocycles. The van der Waals surface area contributed by atoms with Crippen LogP contribution in [0.3, 0.4) is 0 Å². The Labute approximate surface area is 77.2 Å². The van der Waals surface area contributed by atoms with Crippen LogP contribution in [-0.2, 0) is 19.1 Å². The number of esters is 2. The summed E-state index contributed by atoms with van der Waals surface area (Å²) in [6.07, 6.45) is 0.924. The van der Waals surface area contributed by atoms with Gasteiger partial charge in [0.1, 0.15) is 0 Å². The van der Waals surface area contributed by atoms with Gasteiger partial charge in [0.25, 0.3) is 0 Å². The Balaban J connectivity index is 2.32. The number of hydrogen-bond acceptors (Lipinski definition) is 4. The van der Waals surface area contributed by atoms with Gasteiger partial charge < -0.3 is 9.47 Å². The van der Waals surface area contributed by atoms with Crippen LogP contribution in [0.5, 0.6) is 0 Å². The third kappa shape index (κ3) is 2.72. The van der Waals surface area contributed by atoms with Gasteiger partial charge in [-0.15, -0.1) is 0 Å². The maximum absolute atomic E-state index is 11.2. The zero-order valence-electron chi connectivity index (χ0n) is 7.91. The van der Waals surface area contributed by atoms with Crippen LogP contribution in [-0.4, -0.2) is 18.2 Å². The lowest BCUT2D eigenvalue weighted by Crippen LogP contribution is -2.22. The molecular weight excluding hydrogens is 172 g/mol.